The van der Waals surface area contributed by atoms with Crippen LogP contribution in [0.3, 0.4) is 0 Å². The van der Waals surface area contributed by atoms with Gasteiger partial charge in [0.25, 0.3) is 0 Å². The zero-order valence-corrected chi connectivity index (χ0v) is 41.5. The predicted octanol–water partition coefficient (Wildman–Crippen LogP) is 6.91. The fourth-order valence-electron chi connectivity index (χ4n) is 9.98. The van der Waals surface area contributed by atoms with Crippen molar-refractivity contribution in [3.05, 3.63) is 88.0 Å². The lowest BCUT2D eigenvalue weighted by atomic mass is 9.85. The van der Waals surface area contributed by atoms with E-state index in [2.05, 4.69) is 44.1 Å². The van der Waals surface area contributed by atoms with Crippen molar-refractivity contribution in [2.75, 3.05) is 117 Å². The molecule has 0 N–H and O–H groups in total. The molecule has 4 aromatic carbocycles. The summed E-state index contributed by atoms with van der Waals surface area (Å²) in [6.07, 6.45) is 4.12. The Balaban J connectivity index is 1.07. The van der Waals surface area contributed by atoms with E-state index in [1.807, 2.05) is 36.4 Å². The second-order valence-electron chi connectivity index (χ2n) is 17.5. The lowest BCUT2D eigenvalue weighted by molar-refractivity contribution is -0.941. The van der Waals surface area contributed by atoms with Gasteiger partial charge in [-0.3, -0.25) is 0 Å². The molecule has 0 saturated carbocycles. The molecular formula is C53H68N2O13+2. The first-order valence-corrected chi connectivity index (χ1v) is 22.8. The van der Waals surface area contributed by atoms with E-state index in [1.165, 1.54) is 11.1 Å². The number of nitrogens with zero attached hydrogens (tertiary/aromatic N) is 2. The molecule has 4 atom stereocenters. The number of quaternary nitrogens is 2. The summed E-state index contributed by atoms with van der Waals surface area (Å²) in [5.41, 5.74) is 6.72. The third-order valence-corrected chi connectivity index (χ3v) is 13.7. The molecule has 2 heterocycles. The SMILES string of the molecule is COc1ccc(CC2c3cc(OC)c(OC)cc3CC[N+]2(C)CCCOC(=O)C#CC(=O)OCCC[N+]2(C)CCc3cc(OC)c(OC)c(OC)c3C2Cc2ccc(OC)c(OC)c2)cc1OC. The van der Waals surface area contributed by atoms with Gasteiger partial charge in [0.15, 0.2) is 46.0 Å². The van der Waals surface area contributed by atoms with Gasteiger partial charge in [0.05, 0.1) is 123 Å². The van der Waals surface area contributed by atoms with Gasteiger partial charge in [0.2, 0.25) is 5.75 Å². The Morgan fingerprint density at radius 2 is 0.926 bits per heavy atom. The normalized spacial score (nSPS) is 19.2. The highest BCUT2D eigenvalue weighted by Gasteiger charge is 2.43. The van der Waals surface area contributed by atoms with Crippen LogP contribution in [0.1, 0.15) is 58.3 Å². The van der Waals surface area contributed by atoms with Gasteiger partial charge < -0.3 is 61.1 Å². The van der Waals surface area contributed by atoms with E-state index in [9.17, 15) is 9.59 Å². The molecule has 15 heteroatoms. The first-order valence-electron chi connectivity index (χ1n) is 22.8. The summed E-state index contributed by atoms with van der Waals surface area (Å²) in [6.45, 7) is 3.35. The molecule has 0 aliphatic carbocycles. The monoisotopic (exact) mass is 940 g/mol. The number of hydrogen-bond donors (Lipinski definition) is 0. The number of ether oxygens (including phenoxy) is 11. The molecule has 68 heavy (non-hydrogen) atoms. The summed E-state index contributed by atoms with van der Waals surface area (Å²) < 4.78 is 63.6. The zero-order valence-electron chi connectivity index (χ0n) is 41.5. The van der Waals surface area contributed by atoms with E-state index in [-0.39, 0.29) is 25.3 Å². The molecule has 0 spiro atoms. The molecule has 2 aliphatic heterocycles. The molecule has 2 aliphatic rings. The van der Waals surface area contributed by atoms with Gasteiger partial charge in [-0.1, -0.05) is 12.1 Å². The highest BCUT2D eigenvalue weighted by molar-refractivity contribution is 5.98. The fourth-order valence-corrected chi connectivity index (χ4v) is 9.98. The van der Waals surface area contributed by atoms with Crippen molar-refractivity contribution >= 4 is 11.9 Å². The van der Waals surface area contributed by atoms with E-state index in [0.29, 0.717) is 86.5 Å². The number of esters is 2. The number of rotatable bonds is 21. The highest BCUT2D eigenvalue weighted by Crippen LogP contribution is 2.51. The van der Waals surface area contributed by atoms with Crippen molar-refractivity contribution in [1.29, 1.82) is 0 Å². The molecule has 6 rings (SSSR count). The Kier molecular flexibility index (Phi) is 17.2. The van der Waals surface area contributed by atoms with Gasteiger partial charge in [0, 0.05) is 55.9 Å². The number of carbonyl (C=O) groups is 2. The third kappa shape index (κ3) is 11.3. The second kappa shape index (κ2) is 23.0. The van der Waals surface area contributed by atoms with Gasteiger partial charge in [-0.25, -0.2) is 9.59 Å². The molecule has 0 amide bonds. The number of fused-ring (bicyclic) bond motifs is 2. The van der Waals surface area contributed by atoms with Crippen molar-refractivity contribution in [3.8, 4) is 63.6 Å². The van der Waals surface area contributed by atoms with Gasteiger partial charge in [-0.05, 0) is 64.7 Å². The van der Waals surface area contributed by atoms with Gasteiger partial charge in [-0.15, -0.1) is 0 Å². The van der Waals surface area contributed by atoms with E-state index in [0.717, 1.165) is 61.2 Å². The lowest BCUT2D eigenvalue weighted by Crippen LogP contribution is -2.52. The van der Waals surface area contributed by atoms with Crippen molar-refractivity contribution < 1.29 is 70.7 Å². The molecule has 15 nitrogen and oxygen atoms in total. The number of methoxy groups -OCH3 is 9. The van der Waals surface area contributed by atoms with Crippen molar-refractivity contribution in [2.24, 2.45) is 0 Å². The summed E-state index contributed by atoms with van der Waals surface area (Å²) in [5.74, 6) is 8.86. The molecule has 0 fully saturated rings. The Labute approximate surface area is 401 Å². The third-order valence-electron chi connectivity index (χ3n) is 13.7. The number of benzene rings is 4. The largest absolute Gasteiger partial charge is 0.493 e. The Morgan fingerprint density at radius 1 is 0.500 bits per heavy atom. The highest BCUT2D eigenvalue weighted by atomic mass is 16.5. The van der Waals surface area contributed by atoms with Gasteiger partial charge in [0.1, 0.15) is 12.1 Å². The molecule has 0 saturated heterocycles. The fraction of sp³-hybridized carbons (Fsp3) is 0.472. The topological polar surface area (TPSA) is 136 Å². The van der Waals surface area contributed by atoms with E-state index in [4.69, 9.17) is 52.1 Å². The van der Waals surface area contributed by atoms with Crippen molar-refractivity contribution in [1.82, 2.24) is 0 Å². The summed E-state index contributed by atoms with van der Waals surface area (Å²) in [4.78, 5) is 25.6. The van der Waals surface area contributed by atoms with Crippen LogP contribution in [0.25, 0.3) is 0 Å². The average molecular weight is 941 g/mol. The van der Waals surface area contributed by atoms with Gasteiger partial charge in [-0.2, -0.15) is 0 Å². The van der Waals surface area contributed by atoms with Crippen LogP contribution in [0.2, 0.25) is 0 Å². The van der Waals surface area contributed by atoms with E-state index in [1.54, 1.807) is 64.0 Å². The Hall–Kier alpha value is -6.50. The van der Waals surface area contributed by atoms with Crippen LogP contribution in [-0.4, -0.2) is 138 Å². The smallest absolute Gasteiger partial charge is 0.384 e. The lowest BCUT2D eigenvalue weighted by Gasteiger charge is -2.46. The van der Waals surface area contributed by atoms with Crippen LogP contribution in [0.5, 0.6) is 51.7 Å². The molecular weight excluding hydrogens is 873 g/mol. The number of hydrogen-bond acceptors (Lipinski definition) is 13. The Morgan fingerprint density at radius 3 is 1.41 bits per heavy atom. The van der Waals surface area contributed by atoms with E-state index >= 15 is 0 Å². The Bertz CT molecular complexity index is 2480. The molecule has 0 aromatic heterocycles. The van der Waals surface area contributed by atoms with Crippen LogP contribution in [0.15, 0.2) is 54.6 Å². The number of carbonyl (C=O) groups excluding carboxylic acids is 2. The first-order chi connectivity index (χ1) is 32.8. The van der Waals surface area contributed by atoms with Crippen LogP contribution >= 0.6 is 0 Å². The van der Waals surface area contributed by atoms with Crippen molar-refractivity contribution in [2.45, 2.75) is 50.6 Å². The van der Waals surface area contributed by atoms with Crippen LogP contribution in [-0.2, 0) is 44.7 Å². The zero-order chi connectivity index (χ0) is 49.0. The van der Waals surface area contributed by atoms with E-state index < -0.39 is 11.9 Å². The molecule has 366 valence electrons. The minimum absolute atomic E-state index is 0.0520. The summed E-state index contributed by atoms with van der Waals surface area (Å²) in [7, 11) is 19.1. The second-order valence-corrected chi connectivity index (χ2v) is 17.5. The minimum atomic E-state index is -0.788. The predicted molar refractivity (Wildman–Crippen MR) is 256 cm³/mol. The summed E-state index contributed by atoms with van der Waals surface area (Å²) in [6, 6.07) is 18.2. The molecule has 0 radical (unpaired) electrons. The summed E-state index contributed by atoms with van der Waals surface area (Å²) >= 11 is 0. The summed E-state index contributed by atoms with van der Waals surface area (Å²) in [5, 5.41) is 0. The van der Waals surface area contributed by atoms with Crippen LogP contribution in [0.4, 0.5) is 0 Å². The molecule has 4 aromatic rings. The maximum Gasteiger partial charge on any atom is 0.384 e. The maximum absolute atomic E-state index is 12.8. The molecule has 0 bridgehead atoms. The standard InChI is InChI=1S/C53H68N2O13/c1-54(24-20-37-32-46(62-7)47(63-8)34-39(37)40(54)28-35-14-16-42(58-3)44(30-35)60-5)22-12-26-67-49(56)18-19-50(57)68-27-13-23-55(2)25-21-38-33-48(64-9)52(65-10)53(66-11)51(38)41(55)29-36-15-17-43(59-4)45(31-36)61-6/h14-17,30-34,40-41H,12-13,20-29H2,1-11H3/q+2. The van der Waals surface area contributed by atoms with Crippen LogP contribution < -0.4 is 42.6 Å². The van der Waals surface area contributed by atoms with Crippen LogP contribution in [0, 0.1) is 11.8 Å². The minimum Gasteiger partial charge on any atom is -0.493 e. The van der Waals surface area contributed by atoms with Crippen molar-refractivity contribution in [3.63, 3.8) is 0 Å². The number of likely N-dealkylation sites (N-methyl/N-ethyl adjacent to an activating group) is 2. The average Bonchev–Trinajstić information content (AvgIpc) is 3.36. The molecule has 4 unspecified atom stereocenters. The first kappa shape index (κ1) is 50.9. The maximum atomic E-state index is 12.8. The quantitative estimate of drug-likeness (QED) is 0.0282. The van der Waals surface area contributed by atoms with Gasteiger partial charge >= 0.3 is 11.9 Å².